The fourth-order valence-electron chi connectivity index (χ4n) is 1.38. The number of furan rings is 1. The summed E-state index contributed by atoms with van der Waals surface area (Å²) < 4.78 is 5.51. The summed E-state index contributed by atoms with van der Waals surface area (Å²) in [7, 11) is 0. The number of hydrogen-bond donors (Lipinski definition) is 1. The van der Waals surface area contributed by atoms with Crippen LogP contribution in [0.5, 0.6) is 0 Å². The van der Waals surface area contributed by atoms with E-state index in [2.05, 4.69) is 12.1 Å². The predicted octanol–water partition coefficient (Wildman–Crippen LogP) is 2.70. The van der Waals surface area contributed by atoms with Crippen LogP contribution < -0.4 is 5.73 Å². The number of nitrogens with two attached hydrogens (primary N) is 1. The Balaban J connectivity index is 2.10. The third-order valence-electron chi connectivity index (χ3n) is 2.06. The minimum absolute atomic E-state index is 0.627. The molecule has 2 aromatic rings. The summed E-state index contributed by atoms with van der Waals surface area (Å²) in [4.78, 5) is 2.53. The highest BCUT2D eigenvalue weighted by molar-refractivity contribution is 7.12. The molecule has 0 atom stereocenters. The van der Waals surface area contributed by atoms with Crippen molar-refractivity contribution in [1.29, 1.82) is 0 Å². The summed E-state index contributed by atoms with van der Waals surface area (Å²) in [5.41, 5.74) is 5.55. The molecule has 2 aromatic heterocycles. The summed E-state index contributed by atoms with van der Waals surface area (Å²) >= 11 is 1.75. The molecule has 0 aliphatic carbocycles. The molecule has 3 heteroatoms. The van der Waals surface area contributed by atoms with Crippen molar-refractivity contribution in [3.63, 3.8) is 0 Å². The van der Waals surface area contributed by atoms with Crippen molar-refractivity contribution in [2.45, 2.75) is 19.9 Å². The highest BCUT2D eigenvalue weighted by Gasteiger charge is 2.03. The Bertz CT molecular complexity index is 416. The van der Waals surface area contributed by atoms with E-state index in [0.717, 1.165) is 17.9 Å². The summed E-state index contributed by atoms with van der Waals surface area (Å²) in [6.07, 6.45) is 0.874. The molecule has 0 fully saturated rings. The van der Waals surface area contributed by atoms with E-state index in [0.29, 0.717) is 6.54 Å². The molecule has 0 spiro atoms. The van der Waals surface area contributed by atoms with Gasteiger partial charge in [-0.15, -0.1) is 11.3 Å². The molecule has 0 aromatic carbocycles. The lowest BCUT2D eigenvalue weighted by Crippen LogP contribution is -1.91. The lowest BCUT2D eigenvalue weighted by molar-refractivity contribution is 0.494. The number of rotatable bonds is 3. The largest absolute Gasteiger partial charge is 0.466 e. The van der Waals surface area contributed by atoms with E-state index in [1.807, 2.05) is 19.1 Å². The molecular formula is C11H13NOS. The summed E-state index contributed by atoms with van der Waals surface area (Å²) in [5, 5.41) is 0. The first-order valence-electron chi connectivity index (χ1n) is 4.61. The average molecular weight is 207 g/mol. The molecule has 74 valence electrons. The fraction of sp³-hybridized carbons (Fsp3) is 0.273. The van der Waals surface area contributed by atoms with Crippen LogP contribution in [0.4, 0.5) is 0 Å². The fourth-order valence-corrected chi connectivity index (χ4v) is 2.29. The van der Waals surface area contributed by atoms with E-state index in [-0.39, 0.29) is 0 Å². The molecule has 2 nitrogen and oxygen atoms in total. The normalized spacial score (nSPS) is 10.7. The van der Waals surface area contributed by atoms with E-state index in [1.165, 1.54) is 9.75 Å². The van der Waals surface area contributed by atoms with Crippen LogP contribution in [0.1, 0.15) is 21.3 Å². The average Bonchev–Trinajstić information content (AvgIpc) is 2.76. The van der Waals surface area contributed by atoms with Gasteiger partial charge in [-0.25, -0.2) is 0 Å². The van der Waals surface area contributed by atoms with Gasteiger partial charge < -0.3 is 10.2 Å². The van der Waals surface area contributed by atoms with Gasteiger partial charge in [-0.3, -0.25) is 0 Å². The van der Waals surface area contributed by atoms with E-state index in [1.54, 1.807) is 11.3 Å². The molecule has 0 radical (unpaired) electrons. The third-order valence-corrected chi connectivity index (χ3v) is 3.17. The standard InChI is InChI=1S/C11H13NOS/c1-8-2-3-9(13-8)6-10-4-5-11(7-12)14-10/h2-5H,6-7,12H2,1H3. The van der Waals surface area contributed by atoms with Crippen LogP contribution in [0.15, 0.2) is 28.7 Å². The van der Waals surface area contributed by atoms with Crippen molar-refractivity contribution in [1.82, 2.24) is 0 Å². The van der Waals surface area contributed by atoms with Crippen molar-refractivity contribution in [2.24, 2.45) is 5.73 Å². The van der Waals surface area contributed by atoms with Crippen LogP contribution >= 0.6 is 11.3 Å². The highest BCUT2D eigenvalue weighted by atomic mass is 32.1. The second kappa shape index (κ2) is 3.98. The molecule has 0 unspecified atom stereocenters. The Labute approximate surface area is 87.4 Å². The van der Waals surface area contributed by atoms with Gasteiger partial charge in [-0.1, -0.05) is 0 Å². The maximum atomic E-state index is 5.55. The van der Waals surface area contributed by atoms with Gasteiger partial charge >= 0.3 is 0 Å². The topological polar surface area (TPSA) is 39.2 Å². The Morgan fingerprint density at radius 1 is 1.21 bits per heavy atom. The van der Waals surface area contributed by atoms with E-state index in [9.17, 15) is 0 Å². The van der Waals surface area contributed by atoms with Crippen molar-refractivity contribution < 1.29 is 4.42 Å². The zero-order chi connectivity index (χ0) is 9.97. The Kier molecular flexibility index (Phi) is 2.70. The monoisotopic (exact) mass is 207 g/mol. The second-order valence-electron chi connectivity index (χ2n) is 3.26. The molecule has 2 heterocycles. The van der Waals surface area contributed by atoms with E-state index >= 15 is 0 Å². The zero-order valence-electron chi connectivity index (χ0n) is 8.12. The molecule has 2 rings (SSSR count). The third kappa shape index (κ3) is 2.05. The Morgan fingerprint density at radius 3 is 2.57 bits per heavy atom. The van der Waals surface area contributed by atoms with Gasteiger partial charge in [-0.2, -0.15) is 0 Å². The van der Waals surface area contributed by atoms with Crippen LogP contribution in [-0.2, 0) is 13.0 Å². The molecule has 14 heavy (non-hydrogen) atoms. The lowest BCUT2D eigenvalue weighted by Gasteiger charge is -1.92. The predicted molar refractivity (Wildman–Crippen MR) is 58.5 cm³/mol. The van der Waals surface area contributed by atoms with Gasteiger partial charge in [0.2, 0.25) is 0 Å². The molecular weight excluding hydrogens is 194 g/mol. The zero-order valence-corrected chi connectivity index (χ0v) is 8.93. The first-order valence-corrected chi connectivity index (χ1v) is 5.42. The minimum atomic E-state index is 0.627. The quantitative estimate of drug-likeness (QED) is 0.840. The van der Waals surface area contributed by atoms with Gasteiger partial charge in [-0.05, 0) is 31.2 Å². The van der Waals surface area contributed by atoms with Crippen LogP contribution in [0.2, 0.25) is 0 Å². The minimum Gasteiger partial charge on any atom is -0.466 e. The van der Waals surface area contributed by atoms with Crippen LogP contribution in [0.3, 0.4) is 0 Å². The van der Waals surface area contributed by atoms with Crippen LogP contribution in [-0.4, -0.2) is 0 Å². The summed E-state index contributed by atoms with van der Waals surface area (Å²) in [6.45, 7) is 2.59. The molecule has 0 saturated carbocycles. The van der Waals surface area contributed by atoms with Crippen LogP contribution in [0.25, 0.3) is 0 Å². The summed E-state index contributed by atoms with van der Waals surface area (Å²) in [5.74, 6) is 1.99. The van der Waals surface area contributed by atoms with Gasteiger partial charge in [0.05, 0.1) is 0 Å². The van der Waals surface area contributed by atoms with E-state index in [4.69, 9.17) is 10.2 Å². The van der Waals surface area contributed by atoms with Crippen molar-refractivity contribution in [3.05, 3.63) is 45.5 Å². The SMILES string of the molecule is Cc1ccc(Cc2ccc(CN)s2)o1. The first-order chi connectivity index (χ1) is 6.78. The molecule has 0 saturated heterocycles. The smallest absolute Gasteiger partial charge is 0.109 e. The molecule has 0 amide bonds. The Morgan fingerprint density at radius 2 is 2.00 bits per heavy atom. The second-order valence-corrected chi connectivity index (χ2v) is 4.51. The summed E-state index contributed by atoms with van der Waals surface area (Å²) in [6, 6.07) is 8.21. The van der Waals surface area contributed by atoms with Gasteiger partial charge in [0, 0.05) is 22.7 Å². The molecule has 0 bridgehead atoms. The van der Waals surface area contributed by atoms with Crippen molar-refractivity contribution in [3.8, 4) is 0 Å². The Hall–Kier alpha value is -1.06. The van der Waals surface area contributed by atoms with Crippen LogP contribution in [0, 0.1) is 6.92 Å². The number of aryl methyl sites for hydroxylation is 1. The van der Waals surface area contributed by atoms with Crippen molar-refractivity contribution >= 4 is 11.3 Å². The molecule has 0 aliphatic rings. The van der Waals surface area contributed by atoms with Gasteiger partial charge in [0.15, 0.2) is 0 Å². The van der Waals surface area contributed by atoms with E-state index < -0.39 is 0 Å². The number of thiophene rings is 1. The maximum absolute atomic E-state index is 5.55. The first kappa shape index (κ1) is 9.49. The molecule has 0 aliphatic heterocycles. The highest BCUT2D eigenvalue weighted by Crippen LogP contribution is 2.20. The van der Waals surface area contributed by atoms with Gasteiger partial charge in [0.1, 0.15) is 11.5 Å². The van der Waals surface area contributed by atoms with Gasteiger partial charge in [0.25, 0.3) is 0 Å². The number of hydrogen-bond acceptors (Lipinski definition) is 3. The maximum Gasteiger partial charge on any atom is 0.109 e. The van der Waals surface area contributed by atoms with Crippen molar-refractivity contribution in [2.75, 3.05) is 0 Å². The lowest BCUT2D eigenvalue weighted by atomic mass is 10.3. The molecule has 2 N–H and O–H groups in total.